The van der Waals surface area contributed by atoms with E-state index in [1.165, 1.54) is 6.20 Å². The topological polar surface area (TPSA) is 74.1 Å². The minimum absolute atomic E-state index is 0.191. The van der Waals surface area contributed by atoms with Crippen molar-refractivity contribution in [2.24, 2.45) is 0 Å². The largest absolute Gasteiger partial charge is 0.314 e. The lowest BCUT2D eigenvalue weighted by Gasteiger charge is -2.32. The van der Waals surface area contributed by atoms with Crippen molar-refractivity contribution in [3.05, 3.63) is 100 Å². The molecule has 2 heterocycles. The number of halogens is 3. The molecular formula is C28H22ClF2N3O2. The first-order valence-electron chi connectivity index (χ1n) is 11.3. The van der Waals surface area contributed by atoms with Crippen molar-refractivity contribution in [3.8, 4) is 6.07 Å². The van der Waals surface area contributed by atoms with E-state index >= 15 is 0 Å². The highest BCUT2D eigenvalue weighted by atomic mass is 35.5. The first-order valence-corrected chi connectivity index (χ1v) is 11.7. The van der Waals surface area contributed by atoms with Crippen molar-refractivity contribution in [3.63, 3.8) is 0 Å². The lowest BCUT2D eigenvalue weighted by atomic mass is 9.87. The molecule has 0 spiro atoms. The first-order chi connectivity index (χ1) is 17.2. The number of carbonyl (C=O) groups excluding carboxylic acids is 2. The summed E-state index contributed by atoms with van der Waals surface area (Å²) >= 11 is 5.91. The van der Waals surface area contributed by atoms with Crippen molar-refractivity contribution in [2.45, 2.75) is 30.7 Å². The Morgan fingerprint density at radius 1 is 1.06 bits per heavy atom. The second kappa shape index (κ2) is 10.4. The van der Waals surface area contributed by atoms with Crippen LogP contribution in [0.3, 0.4) is 0 Å². The predicted octanol–water partition coefficient (Wildman–Crippen LogP) is 6.15. The van der Waals surface area contributed by atoms with Crippen LogP contribution in [0.15, 0.2) is 73.1 Å². The number of alkyl halides is 2. The van der Waals surface area contributed by atoms with Crippen molar-refractivity contribution in [1.82, 2.24) is 9.88 Å². The monoisotopic (exact) mass is 505 g/mol. The molecule has 1 aliphatic heterocycles. The molecule has 4 rings (SSSR count). The van der Waals surface area contributed by atoms with Gasteiger partial charge in [0.25, 0.3) is 5.92 Å². The van der Waals surface area contributed by atoms with Gasteiger partial charge < -0.3 is 4.90 Å². The maximum Gasteiger partial charge on any atom is 0.269 e. The van der Waals surface area contributed by atoms with Gasteiger partial charge in [-0.1, -0.05) is 66.2 Å². The summed E-state index contributed by atoms with van der Waals surface area (Å²) in [5, 5.41) is 10.5. The predicted molar refractivity (Wildman–Crippen MR) is 133 cm³/mol. The van der Waals surface area contributed by atoms with Crippen LogP contribution in [-0.4, -0.2) is 34.0 Å². The second-order valence-corrected chi connectivity index (χ2v) is 9.06. The number of aromatic nitrogens is 1. The Bertz CT molecular complexity index is 1340. The summed E-state index contributed by atoms with van der Waals surface area (Å²) in [5.74, 6) is -4.20. The Morgan fingerprint density at radius 2 is 1.78 bits per heavy atom. The van der Waals surface area contributed by atoms with Crippen molar-refractivity contribution < 1.29 is 18.4 Å². The summed E-state index contributed by atoms with van der Waals surface area (Å²) in [7, 11) is 0. The number of nitrogens with zero attached hydrogens (tertiary/aromatic N) is 3. The maximum atomic E-state index is 14.5. The molecule has 1 aliphatic rings. The number of hydrogen-bond acceptors (Lipinski definition) is 4. The van der Waals surface area contributed by atoms with Gasteiger partial charge >= 0.3 is 0 Å². The highest BCUT2D eigenvalue weighted by molar-refractivity contribution is 6.30. The molecule has 8 heteroatoms. The molecule has 36 heavy (non-hydrogen) atoms. The number of hydrogen-bond donors (Lipinski definition) is 0. The molecule has 3 aromatic rings. The van der Waals surface area contributed by atoms with Crippen LogP contribution >= 0.6 is 11.6 Å². The number of pyridine rings is 1. The number of carbonyl (C=O) groups is 2. The van der Waals surface area contributed by atoms with Gasteiger partial charge in [-0.25, -0.2) is 8.78 Å². The van der Waals surface area contributed by atoms with Gasteiger partial charge in [0.05, 0.1) is 19.0 Å². The van der Waals surface area contributed by atoms with Crippen LogP contribution in [0, 0.1) is 11.3 Å². The van der Waals surface area contributed by atoms with E-state index in [4.69, 9.17) is 11.6 Å². The van der Waals surface area contributed by atoms with Gasteiger partial charge in [0.15, 0.2) is 11.3 Å². The summed E-state index contributed by atoms with van der Waals surface area (Å²) in [5.41, 5.74) is 0.347. The number of amides is 1. The third-order valence-corrected chi connectivity index (χ3v) is 6.40. The van der Waals surface area contributed by atoms with Crippen LogP contribution in [-0.2, 0) is 10.3 Å². The van der Waals surface area contributed by atoms with Gasteiger partial charge in [0, 0.05) is 41.4 Å². The highest BCUT2D eigenvalue weighted by Crippen LogP contribution is 2.46. The molecule has 1 atom stereocenters. The summed E-state index contributed by atoms with van der Waals surface area (Å²) in [6.07, 6.45) is 5.29. The quantitative estimate of drug-likeness (QED) is 0.361. The Morgan fingerprint density at radius 3 is 2.47 bits per heavy atom. The molecule has 1 amide bonds. The lowest BCUT2D eigenvalue weighted by Crippen LogP contribution is -2.44. The van der Waals surface area contributed by atoms with Crippen LogP contribution in [0.1, 0.15) is 46.3 Å². The fourth-order valence-corrected chi connectivity index (χ4v) is 4.50. The molecule has 0 aliphatic carbocycles. The molecule has 0 N–H and O–H groups in total. The Balaban J connectivity index is 1.51. The Kier molecular flexibility index (Phi) is 7.27. The fourth-order valence-electron chi connectivity index (χ4n) is 4.37. The molecule has 0 bridgehead atoms. The average molecular weight is 506 g/mol. The smallest absolute Gasteiger partial charge is 0.269 e. The van der Waals surface area contributed by atoms with Gasteiger partial charge in [0.2, 0.25) is 5.91 Å². The van der Waals surface area contributed by atoms with Gasteiger partial charge in [-0.3, -0.25) is 14.6 Å². The Labute approximate surface area is 212 Å². The molecule has 2 aromatic carbocycles. The zero-order valence-electron chi connectivity index (χ0n) is 19.2. The second-order valence-electron chi connectivity index (χ2n) is 8.62. The van der Waals surface area contributed by atoms with E-state index in [9.17, 15) is 23.6 Å². The SMILES string of the molecule is N#C[C@]1(c2ccccc2)CC(F)(F)CN1C(=O)CCC(=O)c1ccncc1/C=C/c1ccc(Cl)cc1. The summed E-state index contributed by atoms with van der Waals surface area (Å²) in [6, 6.07) is 18.8. The summed E-state index contributed by atoms with van der Waals surface area (Å²) < 4.78 is 28.9. The third kappa shape index (κ3) is 5.34. The normalized spacial score (nSPS) is 18.8. The molecule has 5 nitrogen and oxygen atoms in total. The van der Waals surface area contributed by atoms with E-state index in [-0.39, 0.29) is 18.6 Å². The van der Waals surface area contributed by atoms with Crippen LogP contribution in [0.25, 0.3) is 12.2 Å². The van der Waals surface area contributed by atoms with Crippen LogP contribution < -0.4 is 0 Å². The van der Waals surface area contributed by atoms with Gasteiger partial charge in [-0.15, -0.1) is 0 Å². The molecule has 0 unspecified atom stereocenters. The van der Waals surface area contributed by atoms with Gasteiger partial charge in [-0.2, -0.15) is 5.26 Å². The van der Waals surface area contributed by atoms with E-state index in [0.717, 1.165) is 10.5 Å². The average Bonchev–Trinajstić information content (AvgIpc) is 3.19. The number of Topliss-reactive ketones (excluding diaryl/α,β-unsaturated/α-hetero) is 1. The molecular weight excluding hydrogens is 484 g/mol. The maximum absolute atomic E-state index is 14.5. The van der Waals surface area contributed by atoms with E-state index < -0.39 is 30.3 Å². The summed E-state index contributed by atoms with van der Waals surface area (Å²) in [6.45, 7) is -0.868. The standard InChI is InChI=1S/C28H22ClF2N3O2/c29-23-10-7-20(8-11-23)6-9-21-16-33-15-14-24(21)25(35)12-13-26(36)34-19-28(30,31)17-27(34,18-32)22-4-2-1-3-5-22/h1-11,14-16H,12-13,17,19H2/b9-6+/t27-/m0/s1. The van der Waals surface area contributed by atoms with E-state index in [1.807, 2.05) is 24.3 Å². The molecule has 1 aromatic heterocycles. The third-order valence-electron chi connectivity index (χ3n) is 6.15. The van der Waals surface area contributed by atoms with E-state index in [0.29, 0.717) is 21.7 Å². The highest BCUT2D eigenvalue weighted by Gasteiger charge is 2.57. The zero-order chi connectivity index (χ0) is 25.8. The van der Waals surface area contributed by atoms with Crippen molar-refractivity contribution in [2.75, 3.05) is 6.54 Å². The van der Waals surface area contributed by atoms with E-state index in [2.05, 4.69) is 4.98 Å². The number of nitriles is 1. The van der Waals surface area contributed by atoms with Crippen LogP contribution in [0.2, 0.25) is 5.02 Å². The zero-order valence-corrected chi connectivity index (χ0v) is 20.0. The summed E-state index contributed by atoms with van der Waals surface area (Å²) in [4.78, 5) is 31.1. The first kappa shape index (κ1) is 25.2. The molecule has 0 radical (unpaired) electrons. The molecule has 1 fully saturated rings. The lowest BCUT2D eigenvalue weighted by molar-refractivity contribution is -0.135. The molecule has 0 saturated carbocycles. The van der Waals surface area contributed by atoms with Gasteiger partial charge in [0.1, 0.15) is 0 Å². The fraction of sp³-hybridized carbons (Fsp3) is 0.214. The minimum Gasteiger partial charge on any atom is -0.314 e. The number of likely N-dealkylation sites (tertiary alicyclic amines) is 1. The van der Waals surface area contributed by atoms with E-state index in [1.54, 1.807) is 60.8 Å². The molecule has 1 saturated heterocycles. The minimum atomic E-state index is -3.21. The Hall–Kier alpha value is -3.89. The van der Waals surface area contributed by atoms with Gasteiger partial charge in [-0.05, 0) is 29.3 Å². The molecule has 182 valence electrons. The van der Waals surface area contributed by atoms with Crippen molar-refractivity contribution in [1.29, 1.82) is 5.26 Å². The van der Waals surface area contributed by atoms with Crippen LogP contribution in [0.5, 0.6) is 0 Å². The number of rotatable bonds is 7. The number of benzene rings is 2. The van der Waals surface area contributed by atoms with Crippen molar-refractivity contribution >= 4 is 35.4 Å². The van der Waals surface area contributed by atoms with Crippen LogP contribution in [0.4, 0.5) is 8.78 Å². The number of ketones is 1.